The molecule has 0 N–H and O–H groups in total. The first-order valence-electron chi connectivity index (χ1n) is 4.68. The maximum atomic E-state index is 2.42. The Labute approximate surface area is 71.8 Å². The zero-order chi connectivity index (χ0) is 9.07. The molecule has 0 saturated heterocycles. The molecule has 0 aromatic heterocycles. The molecule has 0 radical (unpaired) electrons. The van der Waals surface area contributed by atoms with Crippen LogP contribution < -0.4 is 0 Å². The van der Waals surface area contributed by atoms with Gasteiger partial charge >= 0.3 is 0 Å². The van der Waals surface area contributed by atoms with Gasteiger partial charge < -0.3 is 4.90 Å². The van der Waals surface area contributed by atoms with E-state index in [0.29, 0.717) is 5.54 Å². The highest BCUT2D eigenvalue weighted by atomic mass is 15.2. The molecule has 0 aromatic carbocycles. The third-order valence-corrected chi connectivity index (χ3v) is 3.28. The van der Waals surface area contributed by atoms with Crippen LogP contribution in [0.25, 0.3) is 0 Å². The minimum Gasteiger partial charge on any atom is -0.301 e. The molecule has 0 fully saturated rings. The lowest BCUT2D eigenvalue weighted by atomic mass is 9.86. The smallest absolute Gasteiger partial charge is 0.0175 e. The molecule has 1 heteroatoms. The molecule has 0 aliphatic carbocycles. The fourth-order valence-corrected chi connectivity index (χ4v) is 1.28. The van der Waals surface area contributed by atoms with Crippen molar-refractivity contribution in [3.8, 4) is 0 Å². The third-order valence-electron chi connectivity index (χ3n) is 3.28. The molecule has 1 atom stereocenters. The molecule has 0 aliphatic rings. The Balaban J connectivity index is 4.18. The van der Waals surface area contributed by atoms with Crippen molar-refractivity contribution in [1.82, 2.24) is 4.90 Å². The molecule has 0 aromatic rings. The van der Waals surface area contributed by atoms with Crippen molar-refractivity contribution < 1.29 is 0 Å². The topological polar surface area (TPSA) is 3.24 Å². The predicted octanol–water partition coefficient (Wildman–Crippen LogP) is 2.76. The summed E-state index contributed by atoms with van der Waals surface area (Å²) in [6.07, 6.45) is 1.26. The van der Waals surface area contributed by atoms with E-state index in [9.17, 15) is 0 Å². The van der Waals surface area contributed by atoms with Crippen LogP contribution in [0.1, 0.15) is 41.0 Å². The molecule has 0 heterocycles. The van der Waals surface area contributed by atoms with Crippen molar-refractivity contribution in [1.29, 1.82) is 0 Å². The van der Waals surface area contributed by atoms with Crippen molar-refractivity contribution in [3.05, 3.63) is 0 Å². The predicted molar refractivity (Wildman–Crippen MR) is 51.8 cm³/mol. The van der Waals surface area contributed by atoms with Crippen molar-refractivity contribution in [2.24, 2.45) is 5.92 Å². The van der Waals surface area contributed by atoms with Crippen LogP contribution in [0.15, 0.2) is 0 Å². The normalized spacial score (nSPS) is 15.5. The average Bonchev–Trinajstić information content (AvgIpc) is 2.01. The summed E-state index contributed by atoms with van der Waals surface area (Å²) in [7, 11) is 2.20. The third kappa shape index (κ3) is 2.48. The average molecular weight is 157 g/mol. The van der Waals surface area contributed by atoms with Crippen LogP contribution in [-0.4, -0.2) is 24.0 Å². The van der Waals surface area contributed by atoms with Crippen LogP contribution >= 0.6 is 0 Å². The zero-order valence-corrected chi connectivity index (χ0v) is 8.94. The number of rotatable bonds is 4. The first-order chi connectivity index (χ1) is 4.96. The molecule has 0 saturated carbocycles. The van der Waals surface area contributed by atoms with E-state index in [4.69, 9.17) is 0 Å². The first kappa shape index (κ1) is 11.0. The summed E-state index contributed by atoms with van der Waals surface area (Å²) < 4.78 is 0. The summed E-state index contributed by atoms with van der Waals surface area (Å²) in [6, 6.07) is 0. The van der Waals surface area contributed by atoms with Crippen LogP contribution in [0.4, 0.5) is 0 Å². The molecule has 68 valence electrons. The van der Waals surface area contributed by atoms with Crippen LogP contribution in [-0.2, 0) is 0 Å². The van der Waals surface area contributed by atoms with Crippen molar-refractivity contribution in [2.45, 2.75) is 46.6 Å². The summed E-state index contributed by atoms with van der Waals surface area (Å²) in [6.45, 7) is 12.6. The van der Waals surface area contributed by atoms with Gasteiger partial charge in [-0.15, -0.1) is 0 Å². The monoisotopic (exact) mass is 157 g/mol. The molecule has 0 bridgehead atoms. The van der Waals surface area contributed by atoms with Gasteiger partial charge in [0.25, 0.3) is 0 Å². The maximum absolute atomic E-state index is 2.42. The Kier molecular flexibility index (Phi) is 4.09. The Morgan fingerprint density at radius 1 is 1.27 bits per heavy atom. The van der Waals surface area contributed by atoms with Gasteiger partial charge in [-0.2, -0.15) is 0 Å². The molecular weight excluding hydrogens is 134 g/mol. The summed E-state index contributed by atoms with van der Waals surface area (Å²) in [4.78, 5) is 2.42. The summed E-state index contributed by atoms with van der Waals surface area (Å²) in [5.41, 5.74) is 0.351. The van der Waals surface area contributed by atoms with Crippen molar-refractivity contribution in [2.75, 3.05) is 13.6 Å². The minimum absolute atomic E-state index is 0.351. The van der Waals surface area contributed by atoms with Gasteiger partial charge in [-0.3, -0.25) is 0 Å². The summed E-state index contributed by atoms with van der Waals surface area (Å²) in [5, 5.41) is 0. The van der Waals surface area contributed by atoms with E-state index in [0.717, 1.165) is 12.5 Å². The van der Waals surface area contributed by atoms with Crippen molar-refractivity contribution >= 4 is 0 Å². The van der Waals surface area contributed by atoms with E-state index in [1.807, 2.05) is 0 Å². The lowest BCUT2D eigenvalue weighted by Gasteiger charge is -2.39. The second kappa shape index (κ2) is 4.10. The molecule has 0 amide bonds. The molecule has 0 aliphatic heterocycles. The highest BCUT2D eigenvalue weighted by molar-refractivity contribution is 4.83. The van der Waals surface area contributed by atoms with Gasteiger partial charge in [0.1, 0.15) is 0 Å². The second-order valence-electron chi connectivity index (χ2n) is 3.98. The minimum atomic E-state index is 0.351. The van der Waals surface area contributed by atoms with E-state index < -0.39 is 0 Å². The van der Waals surface area contributed by atoms with Crippen LogP contribution in [0, 0.1) is 5.92 Å². The van der Waals surface area contributed by atoms with Gasteiger partial charge in [0.05, 0.1) is 0 Å². The fourth-order valence-electron chi connectivity index (χ4n) is 1.28. The Hall–Kier alpha value is -0.0400. The number of hydrogen-bond acceptors (Lipinski definition) is 1. The largest absolute Gasteiger partial charge is 0.301 e. The van der Waals surface area contributed by atoms with Gasteiger partial charge in [0.2, 0.25) is 0 Å². The standard InChI is InChI=1S/C10H23N/c1-7-9(3)10(4,5)11(6)8-2/h9H,7-8H2,1-6H3. The van der Waals surface area contributed by atoms with Crippen molar-refractivity contribution in [3.63, 3.8) is 0 Å². The maximum Gasteiger partial charge on any atom is 0.0175 e. The highest BCUT2D eigenvalue weighted by Crippen LogP contribution is 2.24. The molecule has 11 heavy (non-hydrogen) atoms. The molecular formula is C10H23N. The highest BCUT2D eigenvalue weighted by Gasteiger charge is 2.27. The van der Waals surface area contributed by atoms with Crippen LogP contribution in [0.2, 0.25) is 0 Å². The number of hydrogen-bond donors (Lipinski definition) is 0. The Morgan fingerprint density at radius 3 is 2.00 bits per heavy atom. The summed E-state index contributed by atoms with van der Waals surface area (Å²) >= 11 is 0. The molecule has 0 spiro atoms. The number of nitrogens with zero attached hydrogens (tertiary/aromatic N) is 1. The van der Waals surface area contributed by atoms with Crippen LogP contribution in [0.3, 0.4) is 0 Å². The van der Waals surface area contributed by atoms with Gasteiger partial charge in [0.15, 0.2) is 0 Å². The molecule has 1 nitrogen and oxygen atoms in total. The molecule has 0 rings (SSSR count). The SMILES string of the molecule is CCC(C)C(C)(C)N(C)CC. The van der Waals surface area contributed by atoms with E-state index in [1.54, 1.807) is 0 Å². The van der Waals surface area contributed by atoms with E-state index in [-0.39, 0.29) is 0 Å². The molecule has 1 unspecified atom stereocenters. The Morgan fingerprint density at radius 2 is 1.73 bits per heavy atom. The lowest BCUT2D eigenvalue weighted by Crippen LogP contribution is -2.45. The first-order valence-corrected chi connectivity index (χ1v) is 4.68. The Bertz CT molecular complexity index is 95.4. The van der Waals surface area contributed by atoms with Gasteiger partial charge in [-0.25, -0.2) is 0 Å². The van der Waals surface area contributed by atoms with E-state index in [1.165, 1.54) is 6.42 Å². The second-order valence-corrected chi connectivity index (χ2v) is 3.98. The zero-order valence-electron chi connectivity index (χ0n) is 8.94. The van der Waals surface area contributed by atoms with E-state index >= 15 is 0 Å². The fraction of sp³-hybridized carbons (Fsp3) is 1.00. The quantitative estimate of drug-likeness (QED) is 0.606. The van der Waals surface area contributed by atoms with Gasteiger partial charge in [0, 0.05) is 5.54 Å². The van der Waals surface area contributed by atoms with E-state index in [2.05, 4.69) is 46.6 Å². The van der Waals surface area contributed by atoms with Gasteiger partial charge in [-0.1, -0.05) is 27.2 Å². The summed E-state index contributed by atoms with van der Waals surface area (Å²) in [5.74, 6) is 0.771. The lowest BCUT2D eigenvalue weighted by molar-refractivity contribution is 0.101. The van der Waals surface area contributed by atoms with Gasteiger partial charge in [-0.05, 0) is 33.4 Å². The van der Waals surface area contributed by atoms with Crippen LogP contribution in [0.5, 0.6) is 0 Å².